The lowest BCUT2D eigenvalue weighted by Gasteiger charge is -2.18. The van der Waals surface area contributed by atoms with Crippen LogP contribution < -0.4 is 14.8 Å². The Labute approximate surface area is 160 Å². The second-order valence-corrected chi connectivity index (χ2v) is 8.04. The number of ether oxygens (including phenoxy) is 2. The molecule has 0 fully saturated rings. The molecular formula is C18H15N3O6S. The maximum Gasteiger partial charge on any atom is 0.322 e. The maximum atomic E-state index is 12.4. The van der Waals surface area contributed by atoms with Crippen molar-refractivity contribution in [2.75, 3.05) is 24.8 Å². The Balaban J connectivity index is 1.53. The van der Waals surface area contributed by atoms with E-state index in [0.717, 1.165) is 6.26 Å². The summed E-state index contributed by atoms with van der Waals surface area (Å²) in [6.07, 6.45) is 1.11. The second-order valence-electron chi connectivity index (χ2n) is 6.02. The van der Waals surface area contributed by atoms with Gasteiger partial charge in [-0.2, -0.15) is 0 Å². The van der Waals surface area contributed by atoms with Gasteiger partial charge in [0, 0.05) is 17.4 Å². The maximum absolute atomic E-state index is 12.4. The predicted octanol–water partition coefficient (Wildman–Crippen LogP) is 2.16. The number of carbonyl (C=O) groups is 1. The quantitative estimate of drug-likeness (QED) is 0.706. The summed E-state index contributed by atoms with van der Waals surface area (Å²) in [5.74, 6) is 0.691. The van der Waals surface area contributed by atoms with Gasteiger partial charge >= 0.3 is 6.01 Å². The molecule has 3 aromatic rings. The average molecular weight is 401 g/mol. The lowest BCUT2D eigenvalue weighted by Crippen LogP contribution is -2.17. The van der Waals surface area contributed by atoms with Gasteiger partial charge in [0.2, 0.25) is 5.89 Å². The molecule has 1 aliphatic heterocycles. The number of rotatable bonds is 4. The SMILES string of the molecule is CS(=O)(=O)c1cccc(-c2nnc(NC(=O)c3ccc4c(c3)OCCO4)o2)c1. The molecular weight excluding hydrogens is 386 g/mol. The van der Waals surface area contributed by atoms with Crippen molar-refractivity contribution < 1.29 is 27.1 Å². The Kier molecular flexibility index (Phi) is 4.47. The third-order valence-electron chi connectivity index (χ3n) is 3.96. The van der Waals surface area contributed by atoms with E-state index in [0.29, 0.717) is 35.8 Å². The Morgan fingerprint density at radius 3 is 2.61 bits per heavy atom. The Morgan fingerprint density at radius 1 is 1.04 bits per heavy atom. The van der Waals surface area contributed by atoms with Gasteiger partial charge in [-0.1, -0.05) is 11.2 Å². The van der Waals surface area contributed by atoms with Gasteiger partial charge in [0.15, 0.2) is 21.3 Å². The highest BCUT2D eigenvalue weighted by atomic mass is 32.2. The lowest BCUT2D eigenvalue weighted by atomic mass is 10.2. The first-order valence-electron chi connectivity index (χ1n) is 8.25. The minimum atomic E-state index is -3.37. The monoisotopic (exact) mass is 401 g/mol. The van der Waals surface area contributed by atoms with Crippen molar-refractivity contribution in [2.45, 2.75) is 4.90 Å². The van der Waals surface area contributed by atoms with E-state index in [4.69, 9.17) is 13.9 Å². The molecule has 0 atom stereocenters. The number of fused-ring (bicyclic) bond motifs is 1. The zero-order chi connectivity index (χ0) is 19.7. The van der Waals surface area contributed by atoms with Gasteiger partial charge in [-0.3, -0.25) is 10.1 Å². The summed E-state index contributed by atoms with van der Waals surface area (Å²) < 4.78 is 39.7. The molecule has 4 rings (SSSR count). The zero-order valence-corrected chi connectivity index (χ0v) is 15.5. The second kappa shape index (κ2) is 6.97. The molecule has 2 heterocycles. The summed E-state index contributed by atoms with van der Waals surface area (Å²) in [7, 11) is -3.37. The molecule has 0 aliphatic carbocycles. The standard InChI is InChI=1S/C18H15N3O6S/c1-28(23,24)13-4-2-3-12(9-13)17-20-21-18(27-17)19-16(22)11-5-6-14-15(10-11)26-8-7-25-14/h2-6,9-10H,7-8H2,1H3,(H,19,21,22). The van der Waals surface area contributed by atoms with Crippen molar-refractivity contribution in [3.8, 4) is 23.0 Å². The van der Waals surface area contributed by atoms with Crippen LogP contribution in [0.3, 0.4) is 0 Å². The van der Waals surface area contributed by atoms with E-state index < -0.39 is 15.7 Å². The predicted molar refractivity (Wildman–Crippen MR) is 98.2 cm³/mol. The van der Waals surface area contributed by atoms with Crippen LogP contribution >= 0.6 is 0 Å². The van der Waals surface area contributed by atoms with Crippen molar-refractivity contribution >= 4 is 21.8 Å². The van der Waals surface area contributed by atoms with Crippen molar-refractivity contribution in [3.63, 3.8) is 0 Å². The summed E-state index contributed by atoms with van der Waals surface area (Å²) in [5.41, 5.74) is 0.762. The van der Waals surface area contributed by atoms with E-state index in [1.54, 1.807) is 30.3 Å². The highest BCUT2D eigenvalue weighted by molar-refractivity contribution is 7.90. The number of hydrogen-bond acceptors (Lipinski definition) is 8. The largest absolute Gasteiger partial charge is 0.486 e. The normalized spacial score (nSPS) is 13.2. The average Bonchev–Trinajstić information content (AvgIpc) is 3.15. The fraction of sp³-hybridized carbons (Fsp3) is 0.167. The van der Waals surface area contributed by atoms with Crippen LogP contribution in [-0.4, -0.2) is 44.0 Å². The van der Waals surface area contributed by atoms with Crippen LogP contribution in [0.5, 0.6) is 11.5 Å². The number of amides is 1. The van der Waals surface area contributed by atoms with Crippen LogP contribution in [0, 0.1) is 0 Å². The van der Waals surface area contributed by atoms with Crippen LogP contribution in [0.2, 0.25) is 0 Å². The molecule has 0 unspecified atom stereocenters. The highest BCUT2D eigenvalue weighted by Gasteiger charge is 2.18. The van der Waals surface area contributed by atoms with Crippen LogP contribution in [0.15, 0.2) is 51.8 Å². The molecule has 0 saturated heterocycles. The number of sulfone groups is 1. The minimum Gasteiger partial charge on any atom is -0.486 e. The summed E-state index contributed by atoms with van der Waals surface area (Å²) in [5, 5.41) is 10.1. The topological polar surface area (TPSA) is 121 Å². The first-order valence-corrected chi connectivity index (χ1v) is 10.1. The van der Waals surface area contributed by atoms with Gasteiger partial charge in [-0.05, 0) is 36.4 Å². The fourth-order valence-corrected chi connectivity index (χ4v) is 3.27. The van der Waals surface area contributed by atoms with E-state index in [-0.39, 0.29) is 16.8 Å². The van der Waals surface area contributed by atoms with Crippen LogP contribution in [0.1, 0.15) is 10.4 Å². The number of anilines is 1. The number of hydrogen-bond donors (Lipinski definition) is 1. The zero-order valence-electron chi connectivity index (χ0n) is 14.7. The molecule has 0 bridgehead atoms. The third kappa shape index (κ3) is 3.67. The number of nitrogens with zero attached hydrogens (tertiary/aromatic N) is 2. The smallest absolute Gasteiger partial charge is 0.322 e. The van der Waals surface area contributed by atoms with Gasteiger partial charge < -0.3 is 13.9 Å². The molecule has 0 saturated carbocycles. The number of aromatic nitrogens is 2. The lowest BCUT2D eigenvalue weighted by molar-refractivity contribution is 0.102. The third-order valence-corrected chi connectivity index (χ3v) is 5.07. The van der Waals surface area contributed by atoms with E-state index in [1.165, 1.54) is 12.1 Å². The molecule has 0 spiro atoms. The summed E-state index contributed by atoms with van der Waals surface area (Å²) in [6.45, 7) is 0.876. The Morgan fingerprint density at radius 2 is 1.82 bits per heavy atom. The molecule has 28 heavy (non-hydrogen) atoms. The van der Waals surface area contributed by atoms with E-state index in [9.17, 15) is 13.2 Å². The van der Waals surface area contributed by atoms with Crippen LogP contribution in [-0.2, 0) is 9.84 Å². The Hall–Kier alpha value is -3.40. The van der Waals surface area contributed by atoms with Crippen molar-refractivity contribution in [2.24, 2.45) is 0 Å². The van der Waals surface area contributed by atoms with E-state index >= 15 is 0 Å². The molecule has 144 valence electrons. The molecule has 1 aromatic heterocycles. The molecule has 1 N–H and O–H groups in total. The van der Waals surface area contributed by atoms with Gasteiger partial charge in [0.25, 0.3) is 5.91 Å². The molecule has 1 aliphatic rings. The first kappa shape index (κ1) is 18.0. The first-order chi connectivity index (χ1) is 13.4. The molecule has 1 amide bonds. The number of carbonyl (C=O) groups excluding carboxylic acids is 1. The van der Waals surface area contributed by atoms with Gasteiger partial charge in [-0.15, -0.1) is 5.10 Å². The molecule has 0 radical (unpaired) electrons. The van der Waals surface area contributed by atoms with Crippen molar-refractivity contribution in [1.82, 2.24) is 10.2 Å². The van der Waals surface area contributed by atoms with E-state index in [2.05, 4.69) is 15.5 Å². The minimum absolute atomic E-state index is 0.0861. The van der Waals surface area contributed by atoms with E-state index in [1.807, 2.05) is 0 Å². The molecule has 10 heteroatoms. The summed E-state index contributed by atoms with van der Waals surface area (Å²) >= 11 is 0. The van der Waals surface area contributed by atoms with Crippen molar-refractivity contribution in [1.29, 1.82) is 0 Å². The Bertz CT molecular complexity index is 1160. The summed E-state index contributed by atoms with van der Waals surface area (Å²) in [4.78, 5) is 12.5. The van der Waals surface area contributed by atoms with Crippen LogP contribution in [0.4, 0.5) is 6.01 Å². The van der Waals surface area contributed by atoms with Gasteiger partial charge in [0.1, 0.15) is 13.2 Å². The van der Waals surface area contributed by atoms with Crippen LogP contribution in [0.25, 0.3) is 11.5 Å². The van der Waals surface area contributed by atoms with Crippen molar-refractivity contribution in [3.05, 3.63) is 48.0 Å². The van der Waals surface area contributed by atoms with Gasteiger partial charge in [0.05, 0.1) is 4.90 Å². The highest BCUT2D eigenvalue weighted by Crippen LogP contribution is 2.31. The fourth-order valence-electron chi connectivity index (χ4n) is 2.60. The molecule has 2 aromatic carbocycles. The number of nitrogens with one attached hydrogen (secondary N) is 1. The van der Waals surface area contributed by atoms with Gasteiger partial charge in [-0.25, -0.2) is 8.42 Å². The summed E-state index contributed by atoms with van der Waals surface area (Å²) in [6, 6.07) is 10.8. The molecule has 9 nitrogen and oxygen atoms in total. The number of benzene rings is 2.